The summed E-state index contributed by atoms with van der Waals surface area (Å²) in [5.41, 5.74) is 1.47. The van der Waals surface area contributed by atoms with Gasteiger partial charge in [0.15, 0.2) is 5.65 Å². The first-order valence-corrected chi connectivity index (χ1v) is 9.27. The van der Waals surface area contributed by atoms with Crippen molar-refractivity contribution in [2.24, 2.45) is 0 Å². The molecule has 3 heterocycles. The lowest BCUT2D eigenvalue weighted by molar-refractivity contribution is -0.146. The van der Waals surface area contributed by atoms with E-state index in [4.69, 9.17) is 4.74 Å². The van der Waals surface area contributed by atoms with Gasteiger partial charge in [0.1, 0.15) is 5.82 Å². The lowest BCUT2D eigenvalue weighted by atomic mass is 10.1. The number of carbonyl (C=O) groups excluding carboxylic acids is 1. The standard InChI is InChI=1S/C19H19F3N6O2/c1-12-11-26(14-5-3-13(4-6-14)17(29)30-2)9-10-27(12)16-8-7-15-23-24-18(19(20,21)22)28(15)25-16/h3-8,12H,9-11H2,1-2H3. The van der Waals surface area contributed by atoms with Gasteiger partial charge in [0.05, 0.1) is 12.7 Å². The molecule has 158 valence electrons. The molecule has 0 spiro atoms. The molecule has 0 saturated carbocycles. The molecule has 0 radical (unpaired) electrons. The molecule has 1 atom stereocenters. The van der Waals surface area contributed by atoms with Crippen LogP contribution in [0.1, 0.15) is 23.1 Å². The van der Waals surface area contributed by atoms with E-state index in [-0.39, 0.29) is 11.7 Å². The molecule has 3 aromatic rings. The number of piperazine rings is 1. The van der Waals surface area contributed by atoms with Crippen LogP contribution in [0.2, 0.25) is 0 Å². The molecule has 8 nitrogen and oxygen atoms in total. The molecule has 1 saturated heterocycles. The first-order valence-electron chi connectivity index (χ1n) is 9.27. The van der Waals surface area contributed by atoms with E-state index in [1.165, 1.54) is 13.2 Å². The quantitative estimate of drug-likeness (QED) is 0.603. The lowest BCUT2D eigenvalue weighted by Crippen LogP contribution is -2.52. The molecule has 0 amide bonds. The van der Waals surface area contributed by atoms with Crippen LogP contribution >= 0.6 is 0 Å². The van der Waals surface area contributed by atoms with Gasteiger partial charge in [-0.3, -0.25) is 0 Å². The van der Waals surface area contributed by atoms with Crippen molar-refractivity contribution >= 4 is 23.1 Å². The number of hydrogen-bond donors (Lipinski definition) is 0. The number of anilines is 2. The van der Waals surface area contributed by atoms with Gasteiger partial charge in [-0.2, -0.15) is 17.7 Å². The first-order chi connectivity index (χ1) is 14.3. The van der Waals surface area contributed by atoms with Crippen molar-refractivity contribution in [1.29, 1.82) is 0 Å². The minimum Gasteiger partial charge on any atom is -0.465 e. The van der Waals surface area contributed by atoms with Crippen molar-refractivity contribution in [3.63, 3.8) is 0 Å². The molecular formula is C19H19F3N6O2. The van der Waals surface area contributed by atoms with Gasteiger partial charge in [-0.05, 0) is 43.3 Å². The zero-order chi connectivity index (χ0) is 21.5. The van der Waals surface area contributed by atoms with Crippen molar-refractivity contribution in [1.82, 2.24) is 19.8 Å². The topological polar surface area (TPSA) is 75.9 Å². The van der Waals surface area contributed by atoms with Crippen LogP contribution in [0.25, 0.3) is 5.65 Å². The monoisotopic (exact) mass is 420 g/mol. The second kappa shape index (κ2) is 7.47. The maximum atomic E-state index is 13.1. The summed E-state index contributed by atoms with van der Waals surface area (Å²) in [5, 5.41) is 10.9. The van der Waals surface area contributed by atoms with Crippen LogP contribution in [0, 0.1) is 0 Å². The van der Waals surface area contributed by atoms with Gasteiger partial charge in [0.2, 0.25) is 0 Å². The second-order valence-corrected chi connectivity index (χ2v) is 7.01. The average molecular weight is 420 g/mol. The van der Waals surface area contributed by atoms with E-state index in [2.05, 4.69) is 20.2 Å². The summed E-state index contributed by atoms with van der Waals surface area (Å²) in [5.74, 6) is -1.11. The first kappa shape index (κ1) is 19.9. The predicted molar refractivity (Wildman–Crippen MR) is 103 cm³/mol. The van der Waals surface area contributed by atoms with Crippen LogP contribution in [-0.4, -0.2) is 58.6 Å². The number of aromatic nitrogens is 4. The molecule has 0 aliphatic carbocycles. The molecule has 1 fully saturated rings. The summed E-state index contributed by atoms with van der Waals surface area (Å²) >= 11 is 0. The summed E-state index contributed by atoms with van der Waals surface area (Å²) in [7, 11) is 1.33. The molecule has 30 heavy (non-hydrogen) atoms. The van der Waals surface area contributed by atoms with E-state index in [1.807, 2.05) is 24.0 Å². The Kier molecular flexibility index (Phi) is 4.96. The minimum absolute atomic E-state index is 0.00481. The molecule has 2 aromatic heterocycles. The van der Waals surface area contributed by atoms with Gasteiger partial charge < -0.3 is 14.5 Å². The molecule has 1 unspecified atom stereocenters. The van der Waals surface area contributed by atoms with Gasteiger partial charge in [-0.1, -0.05) is 0 Å². The van der Waals surface area contributed by atoms with Crippen LogP contribution < -0.4 is 9.80 Å². The number of methoxy groups -OCH3 is 1. The van der Waals surface area contributed by atoms with Crippen molar-refractivity contribution < 1.29 is 22.7 Å². The minimum atomic E-state index is -4.63. The highest BCUT2D eigenvalue weighted by atomic mass is 19.4. The van der Waals surface area contributed by atoms with Crippen LogP contribution in [-0.2, 0) is 10.9 Å². The van der Waals surface area contributed by atoms with E-state index >= 15 is 0 Å². The third-order valence-electron chi connectivity index (χ3n) is 5.08. The van der Waals surface area contributed by atoms with Gasteiger partial charge in [0, 0.05) is 31.4 Å². The highest BCUT2D eigenvalue weighted by Crippen LogP contribution is 2.29. The number of rotatable bonds is 3. The zero-order valence-electron chi connectivity index (χ0n) is 16.3. The molecule has 1 aromatic carbocycles. The van der Waals surface area contributed by atoms with Crippen LogP contribution in [0.4, 0.5) is 24.7 Å². The van der Waals surface area contributed by atoms with E-state index in [0.717, 1.165) is 10.2 Å². The summed E-state index contributed by atoms with van der Waals surface area (Å²) in [6.07, 6.45) is -4.63. The SMILES string of the molecule is COC(=O)c1ccc(N2CCN(c3ccc4nnc(C(F)(F)F)n4n3)C(C)C2)cc1. The lowest BCUT2D eigenvalue weighted by Gasteiger charge is -2.41. The molecule has 1 aliphatic rings. The Morgan fingerprint density at radius 2 is 1.83 bits per heavy atom. The molecule has 1 aliphatic heterocycles. The molecule has 11 heteroatoms. The predicted octanol–water partition coefficient (Wildman–Crippen LogP) is 2.64. The third-order valence-corrected chi connectivity index (χ3v) is 5.08. The Morgan fingerprint density at radius 3 is 2.47 bits per heavy atom. The average Bonchev–Trinajstić information content (AvgIpc) is 3.17. The Bertz CT molecular complexity index is 1070. The molecule has 4 rings (SSSR count). The molecular weight excluding hydrogens is 401 g/mol. The van der Waals surface area contributed by atoms with E-state index in [9.17, 15) is 18.0 Å². The van der Waals surface area contributed by atoms with Gasteiger partial charge in [-0.25, -0.2) is 4.79 Å². The van der Waals surface area contributed by atoms with Gasteiger partial charge >= 0.3 is 12.1 Å². The van der Waals surface area contributed by atoms with Crippen molar-refractivity contribution in [2.75, 3.05) is 36.5 Å². The number of nitrogens with zero attached hydrogens (tertiary/aromatic N) is 6. The number of carbonyl (C=O) groups is 1. The van der Waals surface area contributed by atoms with Crippen LogP contribution in [0.5, 0.6) is 0 Å². The smallest absolute Gasteiger partial charge is 0.453 e. The summed E-state index contributed by atoms with van der Waals surface area (Å²) < 4.78 is 44.8. The van der Waals surface area contributed by atoms with Crippen LogP contribution in [0.3, 0.4) is 0 Å². The van der Waals surface area contributed by atoms with Gasteiger partial charge in [-0.15, -0.1) is 15.3 Å². The van der Waals surface area contributed by atoms with E-state index < -0.39 is 18.0 Å². The number of esters is 1. The summed E-state index contributed by atoms with van der Waals surface area (Å²) in [6, 6.07) is 10.3. The molecule has 0 bridgehead atoms. The zero-order valence-corrected chi connectivity index (χ0v) is 16.3. The summed E-state index contributed by atoms with van der Waals surface area (Å²) in [6.45, 7) is 3.85. The van der Waals surface area contributed by atoms with Crippen molar-refractivity contribution in [3.8, 4) is 0 Å². The normalized spacial score (nSPS) is 17.4. The van der Waals surface area contributed by atoms with Crippen molar-refractivity contribution in [2.45, 2.75) is 19.1 Å². The Morgan fingerprint density at radius 1 is 1.10 bits per heavy atom. The second-order valence-electron chi connectivity index (χ2n) is 7.01. The van der Waals surface area contributed by atoms with Crippen LogP contribution in [0.15, 0.2) is 36.4 Å². The fraction of sp³-hybridized carbons (Fsp3) is 0.368. The van der Waals surface area contributed by atoms with Gasteiger partial charge in [0.25, 0.3) is 5.82 Å². The van der Waals surface area contributed by atoms with E-state index in [0.29, 0.717) is 31.0 Å². The largest absolute Gasteiger partial charge is 0.465 e. The molecule has 0 N–H and O–H groups in total. The number of hydrogen-bond acceptors (Lipinski definition) is 7. The number of benzene rings is 1. The number of halogens is 3. The number of fused-ring (bicyclic) bond motifs is 1. The highest BCUT2D eigenvalue weighted by Gasteiger charge is 2.38. The Hall–Kier alpha value is -3.37. The number of alkyl halides is 3. The van der Waals surface area contributed by atoms with Crippen molar-refractivity contribution in [3.05, 3.63) is 47.8 Å². The van der Waals surface area contributed by atoms with E-state index in [1.54, 1.807) is 18.2 Å². The fourth-order valence-corrected chi connectivity index (χ4v) is 3.57. The maximum Gasteiger partial charge on any atom is 0.453 e. The fourth-order valence-electron chi connectivity index (χ4n) is 3.57. The third kappa shape index (κ3) is 3.62. The Balaban J connectivity index is 1.53. The maximum absolute atomic E-state index is 13.1. The Labute approximate surface area is 169 Å². The highest BCUT2D eigenvalue weighted by molar-refractivity contribution is 5.89. The number of ether oxygens (including phenoxy) is 1. The summed E-state index contributed by atoms with van der Waals surface area (Å²) in [4.78, 5) is 15.7.